The minimum absolute atomic E-state index is 0.0428. The van der Waals surface area contributed by atoms with Crippen LogP contribution in [0.4, 0.5) is 4.79 Å². The van der Waals surface area contributed by atoms with E-state index >= 15 is 0 Å². The molecule has 0 spiro atoms. The lowest BCUT2D eigenvalue weighted by molar-refractivity contribution is 0.0417. The van der Waals surface area contributed by atoms with Gasteiger partial charge in [-0.15, -0.1) is 0 Å². The summed E-state index contributed by atoms with van der Waals surface area (Å²) >= 11 is -6.28. The zero-order chi connectivity index (χ0) is 77.9. The van der Waals surface area contributed by atoms with Crippen molar-refractivity contribution in [3.05, 3.63) is 429 Å². The van der Waals surface area contributed by atoms with Gasteiger partial charge in [-0.2, -0.15) is 0 Å². The van der Waals surface area contributed by atoms with Gasteiger partial charge in [0.15, 0.2) is 0 Å². The van der Waals surface area contributed by atoms with Crippen LogP contribution in [0.1, 0.15) is 138 Å². The lowest BCUT2D eigenvalue weighted by Gasteiger charge is -2.28. The smallest absolute Gasteiger partial charge is 0.279 e. The molecule has 8 aliphatic carbocycles. The van der Waals surface area contributed by atoms with Gasteiger partial charge in [0, 0.05) is 22.2 Å². The molecule has 0 saturated carbocycles. The molecule has 24 rings (SSSR count). The first-order valence-corrected chi connectivity index (χ1v) is 41.2. The average molecular weight is 1540 g/mol. The standard InChI is InChI=1S/4C26H18O.CH2O5S2/c4*1-5-17-9-3-11-21-23(15-13-19(7-1)25(17)21)27-24-16-14-20-8-2-6-18-10-4-12-22(24)26(18)20;2-1(7(3)4)8(5)6/h4*1-16,23-24H;(H,3,4)(H,5,6)/p-2. The van der Waals surface area contributed by atoms with E-state index in [4.69, 9.17) is 18.9 Å². The van der Waals surface area contributed by atoms with E-state index in [-0.39, 0.29) is 48.8 Å². The van der Waals surface area contributed by atoms with E-state index < -0.39 is 26.6 Å². The summed E-state index contributed by atoms with van der Waals surface area (Å²) in [5.74, 6) is 0. The lowest BCUT2D eigenvalue weighted by atomic mass is 9.89. The molecule has 0 saturated heterocycles. The van der Waals surface area contributed by atoms with Gasteiger partial charge in [0.2, 0.25) is 0 Å². The Morgan fingerprint density at radius 2 is 0.319 bits per heavy atom. The van der Waals surface area contributed by atoms with Gasteiger partial charge in [0.05, 0.1) is 0 Å². The number of rotatable bonds is 8. The molecule has 11 heteroatoms. The van der Waals surface area contributed by atoms with Crippen LogP contribution in [0.5, 0.6) is 0 Å². The highest BCUT2D eigenvalue weighted by Crippen LogP contribution is 2.48. The predicted octanol–water partition coefficient (Wildman–Crippen LogP) is 26.2. The number of carbonyl (C=O) groups is 1. The molecule has 0 N–H and O–H groups in total. The summed E-state index contributed by atoms with van der Waals surface area (Å²) in [4.78, 5) is 9.62. The van der Waals surface area contributed by atoms with Crippen LogP contribution in [0.3, 0.4) is 0 Å². The molecule has 0 radical (unpaired) electrons. The summed E-state index contributed by atoms with van der Waals surface area (Å²) in [5, 5.41) is 20.7. The minimum Gasteiger partial charge on any atom is -0.766 e. The first kappa shape index (κ1) is 72.2. The highest BCUT2D eigenvalue weighted by Gasteiger charge is 2.31. The van der Waals surface area contributed by atoms with Gasteiger partial charge in [0.1, 0.15) is 48.8 Å². The van der Waals surface area contributed by atoms with E-state index in [2.05, 4.69) is 388 Å². The number of hydrogen-bond donors (Lipinski definition) is 0. The van der Waals surface area contributed by atoms with Crippen LogP contribution in [0, 0.1) is 0 Å². The summed E-state index contributed by atoms with van der Waals surface area (Å²) in [6.07, 6.45) is 34.7. The fraction of sp³-hybridized carbons (Fsp3) is 0.0762. The number of hydrogen-bond acceptors (Lipinski definition) is 9. The second kappa shape index (κ2) is 30.9. The third-order valence-corrected chi connectivity index (χ3v) is 24.6. The molecule has 0 aliphatic heterocycles. The maximum atomic E-state index is 9.62. The van der Waals surface area contributed by atoms with Crippen molar-refractivity contribution in [2.24, 2.45) is 0 Å². The largest absolute Gasteiger partial charge is 0.766 e. The Morgan fingerprint density at radius 3 is 0.431 bits per heavy atom. The summed E-state index contributed by atoms with van der Waals surface area (Å²) in [5.41, 5.74) is 20.2. The Bertz CT molecular complexity index is 5780. The topological polar surface area (TPSA) is 134 Å². The monoisotopic (exact) mass is 1540 g/mol. The zero-order valence-electron chi connectivity index (χ0n) is 62.6. The summed E-state index contributed by atoms with van der Waals surface area (Å²) in [7, 11) is 0. The molecular weight excluding hydrogens is 1470 g/mol. The molecule has 0 heterocycles. The molecule has 0 bridgehead atoms. The second-order valence-corrected chi connectivity index (χ2v) is 31.8. The van der Waals surface area contributed by atoms with E-state index in [1.807, 2.05) is 0 Å². The van der Waals surface area contributed by atoms with Gasteiger partial charge in [0.25, 0.3) is 4.45 Å². The molecule has 10 atom stereocenters. The van der Waals surface area contributed by atoms with Crippen LogP contribution in [-0.2, 0) is 41.1 Å². The molecule has 16 aromatic carbocycles. The first-order chi connectivity index (χ1) is 57.1. The predicted molar refractivity (Wildman–Crippen MR) is 473 cm³/mol. The van der Waals surface area contributed by atoms with Crippen LogP contribution < -0.4 is 0 Å². The third kappa shape index (κ3) is 13.4. The molecule has 0 amide bonds. The van der Waals surface area contributed by atoms with Crippen molar-refractivity contribution >= 4 is 161 Å². The average Bonchev–Trinajstić information content (AvgIpc) is 0.770. The molecule has 10 unspecified atom stereocenters. The van der Waals surface area contributed by atoms with E-state index in [0.29, 0.717) is 0 Å². The van der Waals surface area contributed by atoms with Crippen LogP contribution in [0.25, 0.3) is 135 Å². The lowest BCUT2D eigenvalue weighted by Crippen LogP contribution is -2.12. The summed E-state index contributed by atoms with van der Waals surface area (Å²) in [6, 6.07) is 104. The SMILES string of the molecule is C1=CC(OC2C=Cc3cccc4cccc2c34)c2cccc3cccc1c23.C1=CC(OC2C=Cc3cccc4cccc2c34)c2cccc3cccc1c23.C1=CC(OC2C=Cc3cccc4cccc2c34)c2cccc3cccc1c23.C1=CC(OC2C=Cc3cccc4cccc2c34)c2cccc3cccc1c23.O=C(S(=O)[O-])S(=O)[O-]. The van der Waals surface area contributed by atoms with Gasteiger partial charge in [-0.3, -0.25) is 13.2 Å². The van der Waals surface area contributed by atoms with Crippen molar-refractivity contribution in [2.75, 3.05) is 0 Å². The Hall–Kier alpha value is -12.8. The van der Waals surface area contributed by atoms with Crippen molar-refractivity contribution in [2.45, 2.75) is 48.8 Å². The minimum atomic E-state index is -3.14. The van der Waals surface area contributed by atoms with Gasteiger partial charge in [-0.05, 0) is 175 Å². The molecule has 16 aromatic rings. The fourth-order valence-electron chi connectivity index (χ4n) is 18.2. The van der Waals surface area contributed by atoms with Crippen molar-refractivity contribution in [1.82, 2.24) is 0 Å². The quantitative estimate of drug-likeness (QED) is 0.136. The van der Waals surface area contributed by atoms with Crippen molar-refractivity contribution in [1.29, 1.82) is 0 Å². The number of ether oxygens (including phenoxy) is 4. The summed E-state index contributed by atoms with van der Waals surface area (Å²) in [6.45, 7) is 0. The third-order valence-electron chi connectivity index (χ3n) is 23.3. The zero-order valence-corrected chi connectivity index (χ0v) is 64.2. The molecule has 560 valence electrons. The van der Waals surface area contributed by atoms with Crippen LogP contribution in [0.2, 0.25) is 0 Å². The van der Waals surface area contributed by atoms with Crippen LogP contribution >= 0.6 is 0 Å². The highest BCUT2D eigenvalue weighted by molar-refractivity contribution is 8.21. The van der Waals surface area contributed by atoms with Crippen molar-refractivity contribution in [3.8, 4) is 0 Å². The normalized spacial score (nSPS) is 19.5. The number of carbonyl (C=O) groups excluding carboxylic acids is 1. The van der Waals surface area contributed by atoms with Gasteiger partial charge >= 0.3 is 0 Å². The molecule has 116 heavy (non-hydrogen) atoms. The van der Waals surface area contributed by atoms with Gasteiger partial charge in [-0.25, -0.2) is 0 Å². The summed E-state index contributed by atoms with van der Waals surface area (Å²) < 4.78 is 62.4. The first-order valence-electron chi connectivity index (χ1n) is 39.0. The maximum Gasteiger partial charge on any atom is 0.279 e. The fourth-order valence-corrected chi connectivity index (χ4v) is 18.6. The van der Waals surface area contributed by atoms with Crippen LogP contribution in [-0.4, -0.2) is 22.0 Å². The molecule has 8 aliphatic rings. The van der Waals surface area contributed by atoms with E-state index in [1.54, 1.807) is 0 Å². The van der Waals surface area contributed by atoms with Gasteiger partial charge < -0.3 is 28.1 Å². The Kier molecular flexibility index (Phi) is 19.2. The maximum absolute atomic E-state index is 9.62. The van der Waals surface area contributed by atoms with E-state index in [1.165, 1.54) is 175 Å². The van der Waals surface area contributed by atoms with E-state index in [9.17, 15) is 22.3 Å². The highest BCUT2D eigenvalue weighted by atomic mass is 32.3. The van der Waals surface area contributed by atoms with Crippen LogP contribution in [0.15, 0.2) is 340 Å². The van der Waals surface area contributed by atoms with Crippen molar-refractivity contribution < 1.29 is 41.3 Å². The molecular formula is C105H72O9S2-2. The van der Waals surface area contributed by atoms with E-state index in [0.717, 1.165) is 0 Å². The van der Waals surface area contributed by atoms with Gasteiger partial charge in [-0.1, -0.05) is 388 Å². The molecule has 0 fully saturated rings. The Morgan fingerprint density at radius 1 is 0.198 bits per heavy atom. The number of benzene rings is 16. The Labute approximate surface area is 675 Å². The van der Waals surface area contributed by atoms with Crippen molar-refractivity contribution in [3.63, 3.8) is 0 Å². The second-order valence-electron chi connectivity index (χ2n) is 29.8. The Balaban J connectivity index is 0.0000000966. The molecule has 0 aromatic heterocycles. The molecule has 9 nitrogen and oxygen atoms in total.